The Balaban J connectivity index is 2.53. The van der Waals surface area contributed by atoms with Gasteiger partial charge in [-0.25, -0.2) is 14.6 Å². The predicted octanol–water partition coefficient (Wildman–Crippen LogP) is 2.99. The van der Waals surface area contributed by atoms with Gasteiger partial charge >= 0.3 is 6.09 Å². The number of aryl methyl sites for hydroxylation is 1. The molecule has 1 aromatic carbocycles. The molecule has 0 aliphatic carbocycles. The largest absolute Gasteiger partial charge is 0.443 e. The van der Waals surface area contributed by atoms with Crippen LogP contribution in [0.5, 0.6) is 0 Å². The van der Waals surface area contributed by atoms with Crippen LogP contribution in [0.25, 0.3) is 0 Å². The Labute approximate surface area is 100 Å². The normalized spacial score (nSPS) is 10.9. The first-order chi connectivity index (χ1) is 7.78. The van der Waals surface area contributed by atoms with Crippen LogP contribution in [0.15, 0.2) is 18.2 Å². The first-order valence-corrected chi connectivity index (χ1v) is 5.29. The molecule has 0 aromatic heterocycles. The molecule has 0 saturated carbocycles. The summed E-state index contributed by atoms with van der Waals surface area (Å²) < 4.78 is 18.4. The molecule has 4 nitrogen and oxygen atoms in total. The van der Waals surface area contributed by atoms with E-state index in [0.29, 0.717) is 0 Å². The zero-order chi connectivity index (χ0) is 13.1. The minimum Gasteiger partial charge on any atom is -0.443 e. The van der Waals surface area contributed by atoms with Crippen molar-refractivity contribution in [3.8, 4) is 0 Å². The van der Waals surface area contributed by atoms with Crippen molar-refractivity contribution < 1.29 is 13.9 Å². The molecule has 94 valence electrons. The topological polar surface area (TPSA) is 50.4 Å². The number of nitrogens with one attached hydrogen (secondary N) is 2. The molecule has 5 heteroatoms. The number of halogens is 1. The van der Waals surface area contributed by atoms with Gasteiger partial charge in [0.05, 0.1) is 5.69 Å². The zero-order valence-electron chi connectivity index (χ0n) is 10.4. The molecule has 0 unspecified atom stereocenters. The molecule has 0 aliphatic rings. The maximum absolute atomic E-state index is 13.4. The minimum absolute atomic E-state index is 0.196. The number of anilines is 1. The summed E-state index contributed by atoms with van der Waals surface area (Å²) in [4.78, 5) is 11.3. The first kappa shape index (κ1) is 13.3. The van der Waals surface area contributed by atoms with E-state index in [1.807, 2.05) is 0 Å². The number of hydrogen-bond acceptors (Lipinski definition) is 3. The number of amides is 1. The Bertz CT molecular complexity index is 413. The van der Waals surface area contributed by atoms with Gasteiger partial charge in [0.25, 0.3) is 0 Å². The molecule has 0 bridgehead atoms. The maximum Gasteiger partial charge on any atom is 0.426 e. The van der Waals surface area contributed by atoms with E-state index in [1.54, 1.807) is 39.8 Å². The van der Waals surface area contributed by atoms with Crippen LogP contribution in [0.1, 0.15) is 26.3 Å². The molecule has 0 spiro atoms. The summed E-state index contributed by atoms with van der Waals surface area (Å²) in [5.74, 6) is -0.430. The Morgan fingerprint density at radius 1 is 1.35 bits per heavy atom. The highest BCUT2D eigenvalue weighted by Crippen LogP contribution is 2.14. The second kappa shape index (κ2) is 5.03. The highest BCUT2D eigenvalue weighted by atomic mass is 19.1. The second-order valence-electron chi connectivity index (χ2n) is 4.74. The van der Waals surface area contributed by atoms with Crippen molar-refractivity contribution in [3.05, 3.63) is 29.6 Å². The number of carbonyl (C=O) groups excluding carboxylic acids is 1. The summed E-state index contributed by atoms with van der Waals surface area (Å²) >= 11 is 0. The second-order valence-corrected chi connectivity index (χ2v) is 4.74. The van der Waals surface area contributed by atoms with E-state index in [1.165, 1.54) is 6.07 Å². The lowest BCUT2D eigenvalue weighted by atomic mass is 10.2. The van der Waals surface area contributed by atoms with Crippen LogP contribution < -0.4 is 10.9 Å². The van der Waals surface area contributed by atoms with Gasteiger partial charge in [-0.1, -0.05) is 6.07 Å². The molecule has 1 rings (SSSR count). The molecule has 0 saturated heterocycles. The quantitative estimate of drug-likeness (QED) is 0.781. The van der Waals surface area contributed by atoms with E-state index in [0.717, 1.165) is 5.56 Å². The van der Waals surface area contributed by atoms with Crippen LogP contribution in [0.4, 0.5) is 14.9 Å². The van der Waals surface area contributed by atoms with Crippen molar-refractivity contribution in [3.63, 3.8) is 0 Å². The Hall–Kier alpha value is -1.78. The predicted molar refractivity (Wildman–Crippen MR) is 64.1 cm³/mol. The molecule has 0 aliphatic heterocycles. The lowest BCUT2D eigenvalue weighted by Gasteiger charge is -2.20. The van der Waals surface area contributed by atoms with Gasteiger partial charge in [0, 0.05) is 0 Å². The zero-order valence-corrected chi connectivity index (χ0v) is 10.4. The minimum atomic E-state index is -0.655. The van der Waals surface area contributed by atoms with Crippen LogP contribution in [-0.4, -0.2) is 11.7 Å². The smallest absolute Gasteiger partial charge is 0.426 e. The number of carbonyl (C=O) groups is 1. The molecular weight excluding hydrogens is 223 g/mol. The molecule has 0 radical (unpaired) electrons. The summed E-state index contributed by atoms with van der Waals surface area (Å²) in [5.41, 5.74) is 5.15. The summed E-state index contributed by atoms with van der Waals surface area (Å²) in [7, 11) is 0. The van der Waals surface area contributed by atoms with Crippen LogP contribution in [0.3, 0.4) is 0 Å². The highest BCUT2D eigenvalue weighted by Gasteiger charge is 2.15. The third-order valence-corrected chi connectivity index (χ3v) is 1.82. The number of hydrazine groups is 1. The van der Waals surface area contributed by atoms with Gasteiger partial charge in [-0.05, 0) is 45.4 Å². The lowest BCUT2D eigenvalue weighted by Crippen LogP contribution is -2.36. The Kier molecular flexibility index (Phi) is 3.93. The summed E-state index contributed by atoms with van der Waals surface area (Å²) in [6.45, 7) is 7.03. The van der Waals surface area contributed by atoms with Gasteiger partial charge in [-0.2, -0.15) is 0 Å². The number of ether oxygens (including phenoxy) is 1. The van der Waals surface area contributed by atoms with Gasteiger partial charge in [-0.15, -0.1) is 0 Å². The van der Waals surface area contributed by atoms with Crippen LogP contribution in [0, 0.1) is 12.7 Å². The molecule has 0 atom stereocenters. The summed E-state index contributed by atoms with van der Waals surface area (Å²) in [5, 5.41) is 0. The average molecular weight is 240 g/mol. The molecule has 17 heavy (non-hydrogen) atoms. The fourth-order valence-corrected chi connectivity index (χ4v) is 1.14. The maximum atomic E-state index is 13.4. The molecule has 1 amide bonds. The van der Waals surface area contributed by atoms with E-state index in [9.17, 15) is 9.18 Å². The fourth-order valence-electron chi connectivity index (χ4n) is 1.14. The summed E-state index contributed by atoms with van der Waals surface area (Å²) in [6.07, 6.45) is -0.655. The lowest BCUT2D eigenvalue weighted by molar-refractivity contribution is 0.0541. The molecule has 0 heterocycles. The van der Waals surface area contributed by atoms with Crippen molar-refractivity contribution in [2.24, 2.45) is 0 Å². The number of rotatable bonds is 2. The third kappa shape index (κ3) is 4.72. The Morgan fingerprint density at radius 3 is 2.53 bits per heavy atom. The van der Waals surface area contributed by atoms with Crippen molar-refractivity contribution >= 4 is 11.8 Å². The number of benzene rings is 1. The summed E-state index contributed by atoms with van der Waals surface area (Å²) in [6, 6.07) is 4.66. The molecule has 2 N–H and O–H groups in total. The monoisotopic (exact) mass is 240 g/mol. The first-order valence-electron chi connectivity index (χ1n) is 5.29. The molecule has 0 fully saturated rings. The van der Waals surface area contributed by atoms with Crippen LogP contribution in [0.2, 0.25) is 0 Å². The van der Waals surface area contributed by atoms with E-state index in [2.05, 4.69) is 10.9 Å². The standard InChI is InChI=1S/C12H17FN2O2/c1-8-5-6-10(9(13)7-8)14-15-11(16)17-12(2,3)4/h5-7,14H,1-4H3,(H,15,16). The van der Waals surface area contributed by atoms with Crippen molar-refractivity contribution in [1.82, 2.24) is 5.43 Å². The van der Waals surface area contributed by atoms with E-state index in [4.69, 9.17) is 4.74 Å². The Morgan fingerprint density at radius 2 is 2.00 bits per heavy atom. The third-order valence-electron chi connectivity index (χ3n) is 1.82. The van der Waals surface area contributed by atoms with Gasteiger partial charge < -0.3 is 4.74 Å². The van der Waals surface area contributed by atoms with Crippen molar-refractivity contribution in [2.75, 3.05) is 5.43 Å². The van der Waals surface area contributed by atoms with E-state index >= 15 is 0 Å². The van der Waals surface area contributed by atoms with Gasteiger partial charge in [-0.3, -0.25) is 5.43 Å². The van der Waals surface area contributed by atoms with E-state index in [-0.39, 0.29) is 5.69 Å². The van der Waals surface area contributed by atoms with Crippen molar-refractivity contribution in [2.45, 2.75) is 33.3 Å². The fraction of sp³-hybridized carbons (Fsp3) is 0.417. The van der Waals surface area contributed by atoms with Crippen LogP contribution in [-0.2, 0) is 4.74 Å². The van der Waals surface area contributed by atoms with Gasteiger partial charge in [0.15, 0.2) is 0 Å². The number of hydrogen-bond donors (Lipinski definition) is 2. The highest BCUT2D eigenvalue weighted by molar-refractivity contribution is 5.69. The average Bonchev–Trinajstić information content (AvgIpc) is 2.13. The molecular formula is C12H17FN2O2. The van der Waals surface area contributed by atoms with Crippen LogP contribution >= 0.6 is 0 Å². The van der Waals surface area contributed by atoms with E-state index < -0.39 is 17.5 Å². The van der Waals surface area contributed by atoms with Gasteiger partial charge in [0.2, 0.25) is 0 Å². The van der Waals surface area contributed by atoms with Gasteiger partial charge in [0.1, 0.15) is 11.4 Å². The molecule has 1 aromatic rings. The SMILES string of the molecule is Cc1ccc(NNC(=O)OC(C)(C)C)c(F)c1. The van der Waals surface area contributed by atoms with Crippen molar-refractivity contribution in [1.29, 1.82) is 0 Å².